The Kier molecular flexibility index (Phi) is 5.79. The molecule has 160 valence electrons. The van der Waals surface area contributed by atoms with E-state index in [2.05, 4.69) is 10.3 Å². The van der Waals surface area contributed by atoms with Gasteiger partial charge in [-0.15, -0.1) is 11.3 Å². The number of thiazole rings is 1. The largest absolute Gasteiger partial charge is 0.493 e. The zero-order chi connectivity index (χ0) is 22.0. The number of carbonyl (C=O) groups is 1. The van der Waals surface area contributed by atoms with Gasteiger partial charge < -0.3 is 4.74 Å². The molecular weight excluding hydrogens is 434 g/mol. The zero-order valence-corrected chi connectivity index (χ0v) is 18.7. The maximum Gasteiger partial charge on any atom is 0.250 e. The molecule has 0 unspecified atom stereocenters. The van der Waals surface area contributed by atoms with Gasteiger partial charge in [0.1, 0.15) is 5.75 Å². The van der Waals surface area contributed by atoms with Gasteiger partial charge in [-0.1, -0.05) is 18.2 Å². The number of ether oxygens (including phenoxy) is 1. The quantitative estimate of drug-likeness (QED) is 0.571. The van der Waals surface area contributed by atoms with E-state index in [0.29, 0.717) is 23.1 Å². The van der Waals surface area contributed by atoms with Crippen LogP contribution in [0.3, 0.4) is 0 Å². The van der Waals surface area contributed by atoms with Crippen LogP contribution in [0.15, 0.2) is 53.9 Å². The minimum Gasteiger partial charge on any atom is -0.493 e. The molecule has 1 aliphatic rings. The van der Waals surface area contributed by atoms with Crippen LogP contribution < -0.4 is 14.4 Å². The number of anilines is 2. The molecule has 4 rings (SSSR count). The Morgan fingerprint density at radius 3 is 2.74 bits per heavy atom. The molecule has 0 spiro atoms. The third-order valence-corrected chi connectivity index (χ3v) is 6.86. The molecule has 1 N–H and O–H groups in total. The van der Waals surface area contributed by atoms with E-state index in [1.54, 1.807) is 30.3 Å². The second-order valence-electron chi connectivity index (χ2n) is 7.10. The summed E-state index contributed by atoms with van der Waals surface area (Å²) in [5.74, 6) is 0.649. The number of rotatable bonds is 6. The van der Waals surface area contributed by atoms with Crippen molar-refractivity contribution in [3.8, 4) is 17.0 Å². The van der Waals surface area contributed by atoms with Crippen LogP contribution in [0.25, 0.3) is 17.3 Å². The zero-order valence-electron chi connectivity index (χ0n) is 17.0. The fourth-order valence-electron chi connectivity index (χ4n) is 3.13. The second kappa shape index (κ2) is 8.52. The highest BCUT2D eigenvalue weighted by Gasteiger charge is 2.13. The lowest BCUT2D eigenvalue weighted by molar-refractivity contribution is -0.111. The van der Waals surface area contributed by atoms with E-state index >= 15 is 0 Å². The first kappa shape index (κ1) is 21.1. The maximum absolute atomic E-state index is 12.3. The first-order valence-corrected chi connectivity index (χ1v) is 12.3. The van der Waals surface area contributed by atoms with Crippen molar-refractivity contribution in [3.05, 3.63) is 65.0 Å². The van der Waals surface area contributed by atoms with Gasteiger partial charge in [-0.3, -0.25) is 14.4 Å². The Hall–Kier alpha value is -3.17. The van der Waals surface area contributed by atoms with E-state index in [0.717, 1.165) is 35.1 Å². The summed E-state index contributed by atoms with van der Waals surface area (Å²) in [7, 11) is -1.81. The average Bonchev–Trinajstić information content (AvgIpc) is 3.40. The van der Waals surface area contributed by atoms with Crippen LogP contribution in [0.2, 0.25) is 0 Å². The van der Waals surface area contributed by atoms with Crippen LogP contribution in [0.1, 0.15) is 11.1 Å². The van der Waals surface area contributed by atoms with Crippen LogP contribution in [-0.4, -0.2) is 39.2 Å². The summed E-state index contributed by atoms with van der Waals surface area (Å²) in [6, 6.07) is 12.9. The molecule has 0 aliphatic carbocycles. The van der Waals surface area contributed by atoms with Crippen LogP contribution in [-0.2, 0) is 21.2 Å². The molecule has 2 heterocycles. The lowest BCUT2D eigenvalue weighted by Crippen LogP contribution is -2.24. The molecule has 1 amide bonds. The highest BCUT2D eigenvalue weighted by molar-refractivity contribution is 7.92. The van der Waals surface area contributed by atoms with E-state index in [1.807, 2.05) is 23.6 Å². The van der Waals surface area contributed by atoms with Gasteiger partial charge >= 0.3 is 0 Å². The molecule has 9 heteroatoms. The van der Waals surface area contributed by atoms with Crippen molar-refractivity contribution in [2.24, 2.45) is 0 Å². The molecule has 1 aromatic heterocycles. The van der Waals surface area contributed by atoms with E-state index in [1.165, 1.54) is 28.8 Å². The Morgan fingerprint density at radius 2 is 2.00 bits per heavy atom. The second-order valence-corrected chi connectivity index (χ2v) is 9.98. The Labute approximate surface area is 185 Å². The SMILES string of the molecule is CN(c1ccc(-c2csc(NC(=O)/C=C/c3ccc4c(c3)CCO4)n2)cc1)S(C)(=O)=O. The summed E-state index contributed by atoms with van der Waals surface area (Å²) in [6.07, 6.45) is 5.29. The van der Waals surface area contributed by atoms with Crippen molar-refractivity contribution in [3.63, 3.8) is 0 Å². The van der Waals surface area contributed by atoms with Gasteiger partial charge in [0.2, 0.25) is 15.9 Å². The van der Waals surface area contributed by atoms with Crippen molar-refractivity contribution in [2.45, 2.75) is 6.42 Å². The first-order valence-electron chi connectivity index (χ1n) is 9.54. The van der Waals surface area contributed by atoms with E-state index in [9.17, 15) is 13.2 Å². The van der Waals surface area contributed by atoms with Gasteiger partial charge in [0.05, 0.1) is 24.2 Å². The Bertz CT molecular complexity index is 1250. The van der Waals surface area contributed by atoms with Gasteiger partial charge in [-0.2, -0.15) is 0 Å². The first-order chi connectivity index (χ1) is 14.8. The van der Waals surface area contributed by atoms with Crippen molar-refractivity contribution in [2.75, 3.05) is 29.5 Å². The molecule has 0 saturated carbocycles. The summed E-state index contributed by atoms with van der Waals surface area (Å²) in [4.78, 5) is 16.7. The number of hydrogen-bond donors (Lipinski definition) is 1. The van der Waals surface area contributed by atoms with Gasteiger partial charge in [0.15, 0.2) is 5.13 Å². The molecular formula is C22H21N3O4S2. The fraction of sp³-hybridized carbons (Fsp3) is 0.182. The lowest BCUT2D eigenvalue weighted by Gasteiger charge is -2.16. The van der Waals surface area contributed by atoms with Crippen LogP contribution in [0.5, 0.6) is 5.75 Å². The number of sulfonamides is 1. The van der Waals surface area contributed by atoms with Gasteiger partial charge in [-0.25, -0.2) is 13.4 Å². The third-order valence-electron chi connectivity index (χ3n) is 4.90. The van der Waals surface area contributed by atoms with E-state index in [-0.39, 0.29) is 5.91 Å². The third kappa shape index (κ3) is 4.95. The number of nitrogens with one attached hydrogen (secondary N) is 1. The van der Waals surface area contributed by atoms with E-state index in [4.69, 9.17) is 4.74 Å². The molecule has 0 saturated heterocycles. The summed E-state index contributed by atoms with van der Waals surface area (Å²) in [5.41, 5.74) is 4.20. The summed E-state index contributed by atoms with van der Waals surface area (Å²) in [6.45, 7) is 0.701. The monoisotopic (exact) mass is 455 g/mol. The van der Waals surface area contributed by atoms with Crippen molar-refractivity contribution in [1.29, 1.82) is 0 Å². The smallest absolute Gasteiger partial charge is 0.250 e. The minimum absolute atomic E-state index is 0.261. The Morgan fingerprint density at radius 1 is 1.23 bits per heavy atom. The maximum atomic E-state index is 12.3. The van der Waals surface area contributed by atoms with Crippen LogP contribution in [0.4, 0.5) is 10.8 Å². The number of hydrogen-bond acceptors (Lipinski definition) is 6. The number of nitrogens with zero attached hydrogens (tertiary/aromatic N) is 2. The topological polar surface area (TPSA) is 88.6 Å². The normalized spacial score (nSPS) is 13.1. The van der Waals surface area contributed by atoms with Crippen molar-refractivity contribution in [1.82, 2.24) is 4.98 Å². The number of carbonyl (C=O) groups excluding carboxylic acids is 1. The predicted molar refractivity (Wildman–Crippen MR) is 124 cm³/mol. The summed E-state index contributed by atoms with van der Waals surface area (Å²) in [5, 5.41) is 5.11. The molecule has 0 radical (unpaired) electrons. The number of fused-ring (bicyclic) bond motifs is 1. The van der Waals surface area contributed by atoms with Gasteiger partial charge in [0, 0.05) is 30.5 Å². The average molecular weight is 456 g/mol. The molecule has 0 bridgehead atoms. The lowest BCUT2D eigenvalue weighted by atomic mass is 10.1. The van der Waals surface area contributed by atoms with Gasteiger partial charge in [0.25, 0.3) is 0 Å². The number of aromatic nitrogens is 1. The Balaban J connectivity index is 1.40. The standard InChI is InChI=1S/C22H21N3O4S2/c1-25(31(2,27)28)18-7-5-16(6-8-18)19-14-30-22(23-19)24-21(26)10-4-15-3-9-20-17(13-15)11-12-29-20/h3-10,13-14H,11-12H2,1-2H3,(H,23,24,26)/b10-4+. The number of benzene rings is 2. The predicted octanol–water partition coefficient (Wildman–Crippen LogP) is 3.79. The summed E-state index contributed by atoms with van der Waals surface area (Å²) >= 11 is 1.33. The van der Waals surface area contributed by atoms with Crippen LogP contribution in [0, 0.1) is 0 Å². The molecule has 0 atom stereocenters. The summed E-state index contributed by atoms with van der Waals surface area (Å²) < 4.78 is 30.0. The molecule has 7 nitrogen and oxygen atoms in total. The molecule has 1 aliphatic heterocycles. The highest BCUT2D eigenvalue weighted by atomic mass is 32.2. The van der Waals surface area contributed by atoms with Crippen molar-refractivity contribution < 1.29 is 17.9 Å². The molecule has 2 aromatic carbocycles. The van der Waals surface area contributed by atoms with Crippen LogP contribution >= 0.6 is 11.3 Å². The molecule has 0 fully saturated rings. The highest BCUT2D eigenvalue weighted by Crippen LogP contribution is 2.28. The fourth-order valence-corrected chi connectivity index (χ4v) is 4.35. The van der Waals surface area contributed by atoms with Gasteiger partial charge in [-0.05, 0) is 41.5 Å². The molecule has 3 aromatic rings. The van der Waals surface area contributed by atoms with E-state index < -0.39 is 10.0 Å². The molecule has 31 heavy (non-hydrogen) atoms. The minimum atomic E-state index is -3.31. The van der Waals surface area contributed by atoms with Crippen molar-refractivity contribution >= 4 is 44.2 Å². The number of amides is 1.